The molecule has 0 fully saturated rings. The van der Waals surface area contributed by atoms with Gasteiger partial charge in [0.25, 0.3) is 0 Å². The lowest BCUT2D eigenvalue weighted by Crippen LogP contribution is -2.08. The van der Waals surface area contributed by atoms with Crippen LogP contribution in [0.3, 0.4) is 0 Å². The molecule has 6 heteroatoms. The molecule has 1 amide bonds. The molecular formula is C13H12F2N2OS. The smallest absolute Gasteiger partial charge is 0.221 e. The van der Waals surface area contributed by atoms with Crippen LogP contribution in [0.25, 0.3) is 0 Å². The molecule has 1 aromatic carbocycles. The van der Waals surface area contributed by atoms with E-state index in [1.54, 1.807) is 6.07 Å². The summed E-state index contributed by atoms with van der Waals surface area (Å²) in [5.74, 6) is -1.19. The van der Waals surface area contributed by atoms with Crippen LogP contribution in [-0.4, -0.2) is 5.91 Å². The molecular weight excluding hydrogens is 270 g/mol. The Morgan fingerprint density at radius 2 is 2.05 bits per heavy atom. The van der Waals surface area contributed by atoms with E-state index in [1.165, 1.54) is 18.3 Å². The maximum atomic E-state index is 13.4. The molecule has 1 aromatic heterocycles. The zero-order chi connectivity index (χ0) is 13.8. The van der Waals surface area contributed by atoms with Crippen molar-refractivity contribution >= 4 is 28.6 Å². The van der Waals surface area contributed by atoms with Gasteiger partial charge in [0.2, 0.25) is 5.91 Å². The number of carbonyl (C=O) groups is 1. The highest BCUT2D eigenvalue weighted by molar-refractivity contribution is 7.10. The van der Waals surface area contributed by atoms with Crippen LogP contribution in [-0.2, 0) is 11.3 Å². The van der Waals surface area contributed by atoms with E-state index in [9.17, 15) is 13.6 Å². The summed E-state index contributed by atoms with van der Waals surface area (Å²) in [7, 11) is 0. The van der Waals surface area contributed by atoms with Crippen LogP contribution in [0.5, 0.6) is 0 Å². The summed E-state index contributed by atoms with van der Waals surface area (Å²) < 4.78 is 26.4. The molecule has 1 heterocycles. The highest BCUT2D eigenvalue weighted by Crippen LogP contribution is 2.24. The third-order valence-corrected chi connectivity index (χ3v) is 3.34. The second kappa shape index (κ2) is 5.79. The van der Waals surface area contributed by atoms with Gasteiger partial charge in [-0.15, -0.1) is 11.3 Å². The van der Waals surface area contributed by atoms with E-state index in [0.29, 0.717) is 12.2 Å². The molecule has 0 bridgehead atoms. The molecule has 0 aliphatic rings. The number of carbonyl (C=O) groups excluding carboxylic acids is 1. The van der Waals surface area contributed by atoms with Crippen molar-refractivity contribution in [1.82, 2.24) is 0 Å². The average Bonchev–Trinajstić information content (AvgIpc) is 2.77. The Labute approximate surface area is 113 Å². The number of benzene rings is 1. The van der Waals surface area contributed by atoms with Gasteiger partial charge in [0.15, 0.2) is 0 Å². The third-order valence-electron chi connectivity index (χ3n) is 2.42. The van der Waals surface area contributed by atoms with Crippen molar-refractivity contribution in [3.8, 4) is 0 Å². The quantitative estimate of drug-likeness (QED) is 0.899. The molecule has 0 saturated heterocycles. The van der Waals surface area contributed by atoms with Crippen molar-refractivity contribution in [1.29, 1.82) is 0 Å². The van der Waals surface area contributed by atoms with Gasteiger partial charge in [-0.1, -0.05) is 0 Å². The van der Waals surface area contributed by atoms with Crippen LogP contribution >= 0.6 is 11.3 Å². The monoisotopic (exact) mass is 282 g/mol. The lowest BCUT2D eigenvalue weighted by molar-refractivity contribution is -0.114. The van der Waals surface area contributed by atoms with Crippen molar-refractivity contribution in [3.63, 3.8) is 0 Å². The summed E-state index contributed by atoms with van der Waals surface area (Å²) >= 11 is 1.43. The van der Waals surface area contributed by atoms with Gasteiger partial charge in [0.05, 0.1) is 17.9 Å². The maximum absolute atomic E-state index is 13.4. The molecule has 2 rings (SSSR count). The second-order valence-corrected chi connectivity index (χ2v) is 4.92. The number of halogens is 2. The first kappa shape index (κ1) is 13.5. The fourth-order valence-electron chi connectivity index (χ4n) is 1.59. The number of thiophene rings is 1. The molecule has 2 N–H and O–H groups in total. The Bertz CT molecular complexity index is 598. The van der Waals surface area contributed by atoms with Crippen molar-refractivity contribution < 1.29 is 13.6 Å². The molecule has 100 valence electrons. The number of nitrogens with one attached hydrogen (secondary N) is 2. The van der Waals surface area contributed by atoms with E-state index >= 15 is 0 Å². The highest BCUT2D eigenvalue weighted by Gasteiger charge is 2.08. The molecule has 0 aliphatic carbocycles. The van der Waals surface area contributed by atoms with Crippen molar-refractivity contribution in [3.05, 3.63) is 46.2 Å². The standard InChI is InChI=1S/C13H12F2N2OS/c1-8(18)17-11-4-5-19-13(11)7-16-12-6-9(14)2-3-10(12)15/h2-6,16H,7H2,1H3,(H,17,18). The van der Waals surface area contributed by atoms with Crippen LogP contribution in [0.1, 0.15) is 11.8 Å². The van der Waals surface area contributed by atoms with Gasteiger partial charge in [-0.2, -0.15) is 0 Å². The van der Waals surface area contributed by atoms with Crippen molar-refractivity contribution in [2.24, 2.45) is 0 Å². The van der Waals surface area contributed by atoms with E-state index in [0.717, 1.165) is 23.1 Å². The molecule has 0 unspecified atom stereocenters. The summed E-state index contributed by atoms with van der Waals surface area (Å²) in [4.78, 5) is 11.8. The number of anilines is 2. The van der Waals surface area contributed by atoms with E-state index < -0.39 is 11.6 Å². The van der Waals surface area contributed by atoms with Crippen LogP contribution < -0.4 is 10.6 Å². The lowest BCUT2D eigenvalue weighted by atomic mass is 10.3. The van der Waals surface area contributed by atoms with Crippen LogP contribution in [0.2, 0.25) is 0 Å². The third kappa shape index (κ3) is 3.51. The molecule has 0 spiro atoms. The molecule has 3 nitrogen and oxygen atoms in total. The van der Waals surface area contributed by atoms with E-state index in [2.05, 4.69) is 10.6 Å². The second-order valence-electron chi connectivity index (χ2n) is 3.92. The molecule has 0 radical (unpaired) electrons. The average molecular weight is 282 g/mol. The van der Waals surface area contributed by atoms with Crippen molar-refractivity contribution in [2.75, 3.05) is 10.6 Å². The molecule has 0 atom stereocenters. The molecule has 0 saturated carbocycles. The summed E-state index contributed by atoms with van der Waals surface area (Å²) in [5, 5.41) is 7.32. The lowest BCUT2D eigenvalue weighted by Gasteiger charge is -2.08. The van der Waals surface area contributed by atoms with Crippen LogP contribution in [0, 0.1) is 11.6 Å². The SMILES string of the molecule is CC(=O)Nc1ccsc1CNc1cc(F)ccc1F. The summed E-state index contributed by atoms with van der Waals surface area (Å²) in [6.45, 7) is 1.73. The number of hydrogen-bond acceptors (Lipinski definition) is 3. The van der Waals surface area contributed by atoms with E-state index in [4.69, 9.17) is 0 Å². The first-order valence-corrected chi connectivity index (χ1v) is 6.47. The Kier molecular flexibility index (Phi) is 4.11. The van der Waals surface area contributed by atoms with E-state index in [1.807, 2.05) is 5.38 Å². The molecule has 2 aromatic rings. The fraction of sp³-hybridized carbons (Fsp3) is 0.154. The number of rotatable bonds is 4. The molecule has 0 aliphatic heterocycles. The normalized spacial score (nSPS) is 10.3. The minimum Gasteiger partial charge on any atom is -0.378 e. The van der Waals surface area contributed by atoms with Crippen LogP contribution in [0.4, 0.5) is 20.2 Å². The minimum atomic E-state index is -0.515. The van der Waals surface area contributed by atoms with E-state index in [-0.39, 0.29) is 11.6 Å². The summed E-state index contributed by atoms with van der Waals surface area (Å²) in [6, 6.07) is 5.00. The zero-order valence-corrected chi connectivity index (χ0v) is 11.0. The highest BCUT2D eigenvalue weighted by atomic mass is 32.1. The summed E-state index contributed by atoms with van der Waals surface area (Å²) in [6.07, 6.45) is 0. The first-order chi connectivity index (χ1) is 9.06. The van der Waals surface area contributed by atoms with Gasteiger partial charge in [0, 0.05) is 11.8 Å². The van der Waals surface area contributed by atoms with Gasteiger partial charge in [-0.25, -0.2) is 8.78 Å². The predicted molar refractivity (Wildman–Crippen MR) is 72.3 cm³/mol. The van der Waals surface area contributed by atoms with Gasteiger partial charge < -0.3 is 10.6 Å². The van der Waals surface area contributed by atoms with Gasteiger partial charge >= 0.3 is 0 Å². The Morgan fingerprint density at radius 3 is 2.79 bits per heavy atom. The Balaban J connectivity index is 2.08. The summed E-state index contributed by atoms with van der Waals surface area (Å²) in [5.41, 5.74) is 0.781. The molecule has 19 heavy (non-hydrogen) atoms. The Hall–Kier alpha value is -1.95. The van der Waals surface area contributed by atoms with Gasteiger partial charge in [-0.3, -0.25) is 4.79 Å². The Morgan fingerprint density at radius 1 is 1.26 bits per heavy atom. The largest absolute Gasteiger partial charge is 0.378 e. The number of hydrogen-bond donors (Lipinski definition) is 2. The first-order valence-electron chi connectivity index (χ1n) is 5.59. The van der Waals surface area contributed by atoms with Gasteiger partial charge in [0.1, 0.15) is 11.6 Å². The maximum Gasteiger partial charge on any atom is 0.221 e. The predicted octanol–water partition coefficient (Wildman–Crippen LogP) is 3.60. The zero-order valence-electron chi connectivity index (χ0n) is 10.2. The minimum absolute atomic E-state index is 0.0992. The van der Waals surface area contributed by atoms with Gasteiger partial charge in [-0.05, 0) is 29.6 Å². The van der Waals surface area contributed by atoms with Crippen molar-refractivity contribution in [2.45, 2.75) is 13.5 Å². The van der Waals surface area contributed by atoms with Crippen LogP contribution in [0.15, 0.2) is 29.6 Å². The topological polar surface area (TPSA) is 41.1 Å². The fourth-order valence-corrected chi connectivity index (χ4v) is 2.36. The number of amides is 1.